The largest absolute Gasteiger partial charge is 0.378 e. The van der Waals surface area contributed by atoms with E-state index in [2.05, 4.69) is 15.8 Å². The van der Waals surface area contributed by atoms with E-state index in [1.165, 1.54) is 6.21 Å². The molecule has 0 radical (unpaired) electrons. The van der Waals surface area contributed by atoms with Crippen LogP contribution in [0.15, 0.2) is 59.7 Å². The van der Waals surface area contributed by atoms with E-state index in [0.717, 1.165) is 11.3 Å². The second-order valence-electron chi connectivity index (χ2n) is 5.01. The van der Waals surface area contributed by atoms with Crippen LogP contribution in [0, 0.1) is 0 Å². The third kappa shape index (κ3) is 4.96. The summed E-state index contributed by atoms with van der Waals surface area (Å²) < 4.78 is 0. The number of nitrogens with zero attached hydrogens (tertiary/aromatic N) is 2. The van der Waals surface area contributed by atoms with Gasteiger partial charge in [-0.05, 0) is 29.8 Å². The number of hydrogen-bond acceptors (Lipinski definition) is 4. The van der Waals surface area contributed by atoms with Gasteiger partial charge in [0.1, 0.15) is 0 Å². The molecular formula is C17H18N4O2. The topological polar surface area (TPSA) is 73.8 Å². The predicted molar refractivity (Wildman–Crippen MR) is 91.6 cm³/mol. The van der Waals surface area contributed by atoms with Crippen molar-refractivity contribution in [3.8, 4) is 0 Å². The lowest BCUT2D eigenvalue weighted by Crippen LogP contribution is -2.32. The van der Waals surface area contributed by atoms with Crippen molar-refractivity contribution in [3.05, 3.63) is 60.2 Å². The molecule has 2 aromatic rings. The van der Waals surface area contributed by atoms with E-state index in [0.29, 0.717) is 5.69 Å². The van der Waals surface area contributed by atoms with Crippen molar-refractivity contribution in [1.82, 2.24) is 5.43 Å². The van der Waals surface area contributed by atoms with Gasteiger partial charge in [0.15, 0.2) is 0 Å². The Morgan fingerprint density at radius 2 is 1.61 bits per heavy atom. The van der Waals surface area contributed by atoms with Crippen LogP contribution in [0.2, 0.25) is 0 Å². The first kappa shape index (κ1) is 16.2. The minimum absolute atomic E-state index is 0.552. The third-order valence-corrected chi connectivity index (χ3v) is 3.03. The van der Waals surface area contributed by atoms with Crippen molar-refractivity contribution >= 4 is 29.4 Å². The van der Waals surface area contributed by atoms with Crippen LogP contribution in [0.5, 0.6) is 0 Å². The number of anilines is 2. The SMILES string of the molecule is CN(C)c1ccc(/C=N/NC(=O)C(=O)Nc2ccccc2)cc1. The summed E-state index contributed by atoms with van der Waals surface area (Å²) in [6, 6.07) is 16.4. The lowest BCUT2D eigenvalue weighted by molar-refractivity contribution is -0.136. The van der Waals surface area contributed by atoms with Gasteiger partial charge >= 0.3 is 11.8 Å². The highest BCUT2D eigenvalue weighted by atomic mass is 16.2. The van der Waals surface area contributed by atoms with Crippen molar-refractivity contribution < 1.29 is 9.59 Å². The Kier molecular flexibility index (Phi) is 5.46. The average molecular weight is 310 g/mol. The average Bonchev–Trinajstić information content (AvgIpc) is 2.56. The normalized spacial score (nSPS) is 10.3. The van der Waals surface area contributed by atoms with Crippen molar-refractivity contribution in [1.29, 1.82) is 0 Å². The van der Waals surface area contributed by atoms with Crippen LogP contribution in [-0.4, -0.2) is 32.1 Å². The van der Waals surface area contributed by atoms with E-state index < -0.39 is 11.8 Å². The number of nitrogens with one attached hydrogen (secondary N) is 2. The molecule has 0 aliphatic heterocycles. The molecule has 2 amide bonds. The first-order chi connectivity index (χ1) is 11.1. The van der Waals surface area contributed by atoms with Gasteiger partial charge in [0.25, 0.3) is 0 Å². The van der Waals surface area contributed by atoms with Gasteiger partial charge in [0.2, 0.25) is 0 Å². The Morgan fingerprint density at radius 3 is 2.22 bits per heavy atom. The second kappa shape index (κ2) is 7.74. The number of para-hydroxylation sites is 1. The van der Waals surface area contributed by atoms with Gasteiger partial charge in [-0.1, -0.05) is 30.3 Å². The molecule has 0 saturated carbocycles. The number of hydrazone groups is 1. The predicted octanol–water partition coefficient (Wildman–Crippen LogP) is 1.84. The smallest absolute Gasteiger partial charge is 0.329 e. The van der Waals surface area contributed by atoms with Gasteiger partial charge in [-0.15, -0.1) is 0 Å². The Bertz CT molecular complexity index is 694. The lowest BCUT2D eigenvalue weighted by atomic mass is 10.2. The molecule has 0 aliphatic carbocycles. The van der Waals surface area contributed by atoms with Gasteiger partial charge in [-0.3, -0.25) is 9.59 Å². The molecule has 0 heterocycles. The molecule has 0 aliphatic rings. The monoisotopic (exact) mass is 310 g/mol. The van der Waals surface area contributed by atoms with E-state index in [4.69, 9.17) is 0 Å². The van der Waals surface area contributed by atoms with E-state index in [1.54, 1.807) is 24.3 Å². The highest BCUT2D eigenvalue weighted by Crippen LogP contribution is 2.10. The van der Waals surface area contributed by atoms with Crippen LogP contribution in [0.1, 0.15) is 5.56 Å². The Labute approximate surface area is 134 Å². The zero-order valence-corrected chi connectivity index (χ0v) is 13.0. The van der Waals surface area contributed by atoms with Gasteiger partial charge in [0.05, 0.1) is 6.21 Å². The van der Waals surface area contributed by atoms with Crippen molar-refractivity contribution in [3.63, 3.8) is 0 Å². The minimum Gasteiger partial charge on any atom is -0.378 e. The highest BCUT2D eigenvalue weighted by molar-refractivity contribution is 6.39. The van der Waals surface area contributed by atoms with E-state index >= 15 is 0 Å². The summed E-state index contributed by atoms with van der Waals surface area (Å²) in [6.45, 7) is 0. The zero-order valence-electron chi connectivity index (χ0n) is 13.0. The van der Waals surface area contributed by atoms with Crippen molar-refractivity contribution in [2.75, 3.05) is 24.3 Å². The first-order valence-electron chi connectivity index (χ1n) is 7.03. The van der Waals surface area contributed by atoms with Crippen molar-refractivity contribution in [2.45, 2.75) is 0 Å². The summed E-state index contributed by atoms with van der Waals surface area (Å²) >= 11 is 0. The fraction of sp³-hybridized carbons (Fsp3) is 0.118. The fourth-order valence-electron chi connectivity index (χ4n) is 1.78. The molecule has 0 saturated heterocycles. The van der Waals surface area contributed by atoms with Gasteiger partial charge in [-0.2, -0.15) is 5.10 Å². The third-order valence-electron chi connectivity index (χ3n) is 3.03. The zero-order chi connectivity index (χ0) is 16.7. The molecule has 0 aromatic heterocycles. The van der Waals surface area contributed by atoms with Gasteiger partial charge < -0.3 is 10.2 Å². The molecule has 6 nitrogen and oxygen atoms in total. The number of benzene rings is 2. The summed E-state index contributed by atoms with van der Waals surface area (Å²) in [5, 5.41) is 6.26. The van der Waals surface area contributed by atoms with Crippen LogP contribution < -0.4 is 15.6 Å². The Morgan fingerprint density at radius 1 is 0.957 bits per heavy atom. The molecule has 23 heavy (non-hydrogen) atoms. The summed E-state index contributed by atoms with van der Waals surface area (Å²) in [4.78, 5) is 25.3. The standard InChI is InChI=1S/C17H18N4O2/c1-21(2)15-10-8-13(9-11-15)12-18-20-17(23)16(22)19-14-6-4-3-5-7-14/h3-12H,1-2H3,(H,19,22)(H,20,23)/b18-12+. The summed E-state index contributed by atoms with van der Waals surface area (Å²) in [5.41, 5.74) is 4.63. The molecule has 0 fully saturated rings. The maximum absolute atomic E-state index is 11.7. The lowest BCUT2D eigenvalue weighted by Gasteiger charge is -2.11. The molecule has 6 heteroatoms. The molecule has 118 valence electrons. The molecule has 2 N–H and O–H groups in total. The molecule has 2 aromatic carbocycles. The number of hydrogen-bond donors (Lipinski definition) is 2. The fourth-order valence-corrected chi connectivity index (χ4v) is 1.78. The number of amides is 2. The molecule has 0 unspecified atom stereocenters. The molecular weight excluding hydrogens is 292 g/mol. The van der Waals surface area contributed by atoms with Gasteiger partial charge in [-0.25, -0.2) is 5.43 Å². The molecule has 2 rings (SSSR count). The van der Waals surface area contributed by atoms with Gasteiger partial charge in [0, 0.05) is 25.5 Å². The summed E-state index contributed by atoms with van der Waals surface area (Å²) in [5.74, 6) is -1.59. The van der Waals surface area contributed by atoms with Crippen LogP contribution in [-0.2, 0) is 9.59 Å². The second-order valence-corrected chi connectivity index (χ2v) is 5.01. The first-order valence-corrected chi connectivity index (χ1v) is 7.03. The quantitative estimate of drug-likeness (QED) is 0.514. The Balaban J connectivity index is 1.87. The van der Waals surface area contributed by atoms with Crippen LogP contribution in [0.3, 0.4) is 0 Å². The van der Waals surface area contributed by atoms with Crippen LogP contribution >= 0.6 is 0 Å². The summed E-state index contributed by atoms with van der Waals surface area (Å²) in [7, 11) is 3.91. The number of carbonyl (C=O) groups excluding carboxylic acids is 2. The minimum atomic E-state index is -0.824. The molecule has 0 atom stereocenters. The summed E-state index contributed by atoms with van der Waals surface area (Å²) in [6.07, 6.45) is 1.48. The van der Waals surface area contributed by atoms with Crippen LogP contribution in [0.4, 0.5) is 11.4 Å². The van der Waals surface area contributed by atoms with Crippen molar-refractivity contribution in [2.24, 2.45) is 5.10 Å². The van der Waals surface area contributed by atoms with Crippen LogP contribution in [0.25, 0.3) is 0 Å². The van der Waals surface area contributed by atoms with E-state index in [1.807, 2.05) is 49.3 Å². The van der Waals surface area contributed by atoms with E-state index in [9.17, 15) is 9.59 Å². The molecule has 0 bridgehead atoms. The number of rotatable bonds is 4. The Hall–Kier alpha value is -3.15. The van der Waals surface area contributed by atoms with E-state index in [-0.39, 0.29) is 0 Å². The maximum atomic E-state index is 11.7. The maximum Gasteiger partial charge on any atom is 0.329 e. The molecule has 0 spiro atoms. The number of carbonyl (C=O) groups is 2. The highest BCUT2D eigenvalue weighted by Gasteiger charge is 2.12.